The number of hydrogen-bond acceptors (Lipinski definition) is 7. The van der Waals surface area contributed by atoms with Gasteiger partial charge in [0.1, 0.15) is 23.4 Å². The van der Waals surface area contributed by atoms with E-state index in [-0.39, 0.29) is 11.3 Å². The largest absolute Gasteiger partial charge is 0.496 e. The van der Waals surface area contributed by atoms with E-state index in [4.69, 9.17) is 19.0 Å². The van der Waals surface area contributed by atoms with Gasteiger partial charge in [-0.25, -0.2) is 5.48 Å². The highest BCUT2D eigenvalue weighted by Crippen LogP contribution is 2.70. The summed E-state index contributed by atoms with van der Waals surface area (Å²) < 4.78 is 18.6. The van der Waals surface area contributed by atoms with E-state index in [1.54, 1.807) is 12.1 Å². The number of methoxy groups -OCH3 is 2. The van der Waals surface area contributed by atoms with E-state index < -0.39 is 35.0 Å². The van der Waals surface area contributed by atoms with E-state index in [1.165, 1.54) is 21.3 Å². The highest BCUT2D eigenvalue weighted by molar-refractivity contribution is 9.10. The van der Waals surface area contributed by atoms with Gasteiger partial charge in [-0.15, -0.1) is 0 Å². The van der Waals surface area contributed by atoms with E-state index in [0.717, 1.165) is 4.47 Å². The number of hydroxylamine groups is 1. The molecule has 1 heterocycles. The van der Waals surface area contributed by atoms with Crippen molar-refractivity contribution in [3.63, 3.8) is 0 Å². The number of amides is 1. The van der Waals surface area contributed by atoms with Gasteiger partial charge in [0.25, 0.3) is 0 Å². The number of fused-ring (bicyclic) bond motifs is 3. The maximum absolute atomic E-state index is 13.4. The van der Waals surface area contributed by atoms with Gasteiger partial charge >= 0.3 is 0 Å². The average Bonchev–Trinajstić information content (AvgIpc) is 3.27. The number of benzene rings is 3. The first-order valence-electron chi connectivity index (χ1n) is 11.3. The normalized spacial score (nSPS) is 28.1. The second kappa shape index (κ2) is 9.08. The molecule has 8 nitrogen and oxygen atoms in total. The Balaban J connectivity index is 1.88. The van der Waals surface area contributed by atoms with Crippen LogP contribution in [0.4, 0.5) is 0 Å². The zero-order valence-corrected chi connectivity index (χ0v) is 21.5. The minimum atomic E-state index is -2.08. The van der Waals surface area contributed by atoms with Gasteiger partial charge < -0.3 is 24.4 Å². The third kappa shape index (κ3) is 3.27. The molecule has 3 aromatic rings. The van der Waals surface area contributed by atoms with E-state index in [9.17, 15) is 15.0 Å². The van der Waals surface area contributed by atoms with Crippen LogP contribution in [0, 0.1) is 5.92 Å². The Hall–Kier alpha value is -3.11. The molecule has 1 aliphatic heterocycles. The molecule has 0 saturated heterocycles. The number of ether oxygens (including phenoxy) is 3. The van der Waals surface area contributed by atoms with Crippen LogP contribution in [0.3, 0.4) is 0 Å². The number of aliphatic hydroxyl groups excluding tert-OH is 1. The van der Waals surface area contributed by atoms with Crippen LogP contribution >= 0.6 is 15.9 Å². The van der Waals surface area contributed by atoms with Crippen LogP contribution in [-0.2, 0) is 20.8 Å². The third-order valence-electron chi connectivity index (χ3n) is 7.22. The Bertz CT molecular complexity index is 1290. The van der Waals surface area contributed by atoms with Crippen molar-refractivity contribution < 1.29 is 34.1 Å². The van der Waals surface area contributed by atoms with Crippen molar-refractivity contribution in [2.75, 3.05) is 21.3 Å². The molecular weight excluding hydrogens is 530 g/mol. The Morgan fingerprint density at radius 3 is 2.33 bits per heavy atom. The average molecular weight is 556 g/mol. The number of carbonyl (C=O) groups is 1. The van der Waals surface area contributed by atoms with Crippen molar-refractivity contribution >= 4 is 21.8 Å². The monoisotopic (exact) mass is 555 g/mol. The van der Waals surface area contributed by atoms with Crippen LogP contribution in [0.15, 0.2) is 71.2 Å². The first-order chi connectivity index (χ1) is 17.3. The zero-order valence-electron chi connectivity index (χ0n) is 19.9. The number of aliphatic hydroxyl groups is 2. The third-order valence-corrected chi connectivity index (χ3v) is 7.74. The summed E-state index contributed by atoms with van der Waals surface area (Å²) in [6.07, 6.45) is -1.59. The van der Waals surface area contributed by atoms with Gasteiger partial charge in [-0.05, 0) is 23.3 Å². The fourth-order valence-corrected chi connectivity index (χ4v) is 6.09. The highest BCUT2D eigenvalue weighted by Gasteiger charge is 2.78. The van der Waals surface area contributed by atoms with Gasteiger partial charge in [-0.3, -0.25) is 9.63 Å². The topological polar surface area (TPSA) is 106 Å². The second-order valence-electron chi connectivity index (χ2n) is 8.84. The van der Waals surface area contributed by atoms with Crippen LogP contribution in [-0.4, -0.2) is 43.6 Å². The molecule has 5 atom stereocenters. The summed E-state index contributed by atoms with van der Waals surface area (Å²) in [4.78, 5) is 18.3. The molecule has 5 rings (SSSR count). The van der Waals surface area contributed by atoms with E-state index >= 15 is 0 Å². The summed E-state index contributed by atoms with van der Waals surface area (Å²) in [6.45, 7) is 0. The number of rotatable bonds is 6. The van der Waals surface area contributed by atoms with Crippen molar-refractivity contribution in [1.82, 2.24) is 5.48 Å². The molecule has 3 N–H and O–H groups in total. The number of hydrogen-bond donors (Lipinski definition) is 3. The minimum Gasteiger partial charge on any atom is -0.496 e. The van der Waals surface area contributed by atoms with Gasteiger partial charge in [0.05, 0.1) is 32.8 Å². The Labute approximate surface area is 216 Å². The van der Waals surface area contributed by atoms with E-state index in [0.29, 0.717) is 22.6 Å². The lowest BCUT2D eigenvalue weighted by atomic mass is 9.70. The van der Waals surface area contributed by atoms with Crippen molar-refractivity contribution in [3.05, 3.63) is 87.9 Å². The smallest absolute Gasteiger partial charge is 0.250 e. The first-order valence-corrected chi connectivity index (χ1v) is 12.1. The molecule has 188 valence electrons. The molecule has 2 aliphatic rings. The van der Waals surface area contributed by atoms with Crippen LogP contribution in [0.25, 0.3) is 0 Å². The predicted octanol–water partition coefficient (Wildman–Crippen LogP) is 3.39. The molecule has 0 bridgehead atoms. The summed E-state index contributed by atoms with van der Waals surface area (Å²) in [5, 5.41) is 24.6. The lowest BCUT2D eigenvalue weighted by molar-refractivity contribution is -0.157. The fourth-order valence-electron chi connectivity index (χ4n) is 5.82. The molecule has 0 spiro atoms. The Morgan fingerprint density at radius 1 is 1.03 bits per heavy atom. The Morgan fingerprint density at radius 2 is 1.72 bits per heavy atom. The van der Waals surface area contributed by atoms with Crippen LogP contribution in [0.5, 0.6) is 17.2 Å². The molecule has 0 aromatic heterocycles. The van der Waals surface area contributed by atoms with Crippen molar-refractivity contribution in [2.45, 2.75) is 23.2 Å². The van der Waals surface area contributed by atoms with Crippen LogP contribution in [0.1, 0.15) is 22.6 Å². The van der Waals surface area contributed by atoms with Gasteiger partial charge in [-0.2, -0.15) is 0 Å². The summed E-state index contributed by atoms with van der Waals surface area (Å²) in [6, 6.07) is 19.8. The maximum atomic E-state index is 13.4. The van der Waals surface area contributed by atoms with Gasteiger partial charge in [-0.1, -0.05) is 58.4 Å². The van der Waals surface area contributed by atoms with Crippen molar-refractivity contribution in [1.29, 1.82) is 0 Å². The molecule has 0 radical (unpaired) electrons. The summed E-state index contributed by atoms with van der Waals surface area (Å²) >= 11 is 3.47. The summed E-state index contributed by atoms with van der Waals surface area (Å²) in [5.41, 5.74) is 0.184. The molecule has 1 saturated carbocycles. The maximum Gasteiger partial charge on any atom is 0.250 e. The summed E-state index contributed by atoms with van der Waals surface area (Å²) in [7, 11) is 4.30. The lowest BCUT2D eigenvalue weighted by Crippen LogP contribution is -2.52. The fraction of sp³-hybridized carbons (Fsp3) is 0.296. The molecule has 0 unspecified atom stereocenters. The van der Waals surface area contributed by atoms with Crippen LogP contribution in [0.2, 0.25) is 0 Å². The SMILES string of the molecule is CONC(=O)[C@H]1[C@@H](O)[C@@]2(O)c3c(OC)cc(OC)cc3O[C@@]2(c2ccc(Br)cc2)[C@@H]1c1ccccc1. The molecule has 9 heteroatoms. The van der Waals surface area contributed by atoms with Gasteiger partial charge in [0.15, 0.2) is 11.2 Å². The lowest BCUT2D eigenvalue weighted by Gasteiger charge is -2.40. The van der Waals surface area contributed by atoms with Gasteiger partial charge in [0, 0.05) is 22.5 Å². The first kappa shape index (κ1) is 24.6. The molecule has 36 heavy (non-hydrogen) atoms. The van der Waals surface area contributed by atoms with E-state index in [2.05, 4.69) is 21.4 Å². The predicted molar refractivity (Wildman–Crippen MR) is 134 cm³/mol. The van der Waals surface area contributed by atoms with E-state index in [1.807, 2.05) is 54.6 Å². The zero-order chi connectivity index (χ0) is 25.7. The van der Waals surface area contributed by atoms with Crippen LogP contribution < -0.4 is 19.7 Å². The highest BCUT2D eigenvalue weighted by atomic mass is 79.9. The molecule has 1 fully saturated rings. The second-order valence-corrected chi connectivity index (χ2v) is 9.76. The number of nitrogens with one attached hydrogen (secondary N) is 1. The molecular formula is C27H26BrNO7. The number of carbonyl (C=O) groups excluding carboxylic acids is 1. The quantitative estimate of drug-likeness (QED) is 0.400. The summed E-state index contributed by atoms with van der Waals surface area (Å²) in [5.74, 6) is -1.53. The van der Waals surface area contributed by atoms with Crippen molar-refractivity contribution in [2.24, 2.45) is 5.92 Å². The number of halogens is 1. The van der Waals surface area contributed by atoms with Crippen molar-refractivity contribution in [3.8, 4) is 17.2 Å². The molecule has 1 aliphatic carbocycles. The minimum absolute atomic E-state index is 0.245. The molecule has 3 aromatic carbocycles. The Kier molecular flexibility index (Phi) is 6.20. The van der Waals surface area contributed by atoms with Gasteiger partial charge in [0.2, 0.25) is 5.91 Å². The molecule has 1 amide bonds. The standard InChI is InChI=1S/C27H26BrNO7/c1-33-18-13-19(34-2)23-20(14-18)36-27(16-9-11-17(28)12-10-16)22(15-7-5-4-6-8-15)21(25(31)29-35-3)24(30)26(23,27)32/h4-14,21-22,24,30,32H,1-3H3,(H,29,31)/t21-,22-,24-,26+,27+/m1/s1.